The number of quaternary nitrogens is 1. The molecular weight excluding hydrogens is 254 g/mol. The summed E-state index contributed by atoms with van der Waals surface area (Å²) in [6.07, 6.45) is 1.90. The Labute approximate surface area is 118 Å². The van der Waals surface area contributed by atoms with Gasteiger partial charge in [0.05, 0.1) is 18.8 Å². The molecule has 0 bridgehead atoms. The smallest absolute Gasteiger partial charge is 0.257 e. The molecule has 1 fully saturated rings. The van der Waals surface area contributed by atoms with Crippen LogP contribution >= 0.6 is 0 Å². The first-order valence-corrected chi connectivity index (χ1v) is 6.99. The van der Waals surface area contributed by atoms with Crippen LogP contribution in [0.5, 0.6) is 0 Å². The Hall–Kier alpha value is -1.85. The average Bonchev–Trinajstić information content (AvgIpc) is 2.84. The second-order valence-corrected chi connectivity index (χ2v) is 5.22. The predicted molar refractivity (Wildman–Crippen MR) is 76.8 cm³/mol. The van der Waals surface area contributed by atoms with Crippen LogP contribution in [0.15, 0.2) is 30.5 Å². The number of ether oxygens (including phenoxy) is 1. The molecule has 5 nitrogen and oxygen atoms in total. The summed E-state index contributed by atoms with van der Waals surface area (Å²) in [4.78, 5) is 13.7. The molecular formula is C15H20N3O2+. The van der Waals surface area contributed by atoms with Gasteiger partial charge in [-0.3, -0.25) is 4.79 Å². The molecule has 106 valence electrons. The Balaban J connectivity index is 1.72. The molecule has 1 aliphatic rings. The van der Waals surface area contributed by atoms with Gasteiger partial charge in [-0.2, -0.15) is 0 Å². The third kappa shape index (κ3) is 2.55. The van der Waals surface area contributed by atoms with Crippen molar-refractivity contribution >= 4 is 16.8 Å². The number of benzene rings is 1. The van der Waals surface area contributed by atoms with Crippen molar-refractivity contribution in [3.8, 4) is 0 Å². The Morgan fingerprint density at radius 1 is 1.35 bits per heavy atom. The normalized spacial score (nSPS) is 16.4. The van der Waals surface area contributed by atoms with Gasteiger partial charge in [-0.05, 0) is 6.07 Å². The second-order valence-electron chi connectivity index (χ2n) is 5.22. The van der Waals surface area contributed by atoms with E-state index in [4.69, 9.17) is 4.74 Å². The number of amides is 1. The molecule has 1 aromatic heterocycles. The number of nitrogens with one attached hydrogen (secondary N) is 2. The van der Waals surface area contributed by atoms with Crippen LogP contribution in [0.2, 0.25) is 0 Å². The lowest BCUT2D eigenvalue weighted by Crippen LogP contribution is -3.15. The van der Waals surface area contributed by atoms with Crippen molar-refractivity contribution in [3.63, 3.8) is 0 Å². The van der Waals surface area contributed by atoms with Gasteiger partial charge < -0.3 is 19.5 Å². The van der Waals surface area contributed by atoms with Crippen molar-refractivity contribution in [2.75, 3.05) is 33.0 Å². The molecule has 0 spiro atoms. The van der Waals surface area contributed by atoms with E-state index in [9.17, 15) is 4.79 Å². The van der Waals surface area contributed by atoms with E-state index >= 15 is 0 Å². The van der Waals surface area contributed by atoms with Crippen molar-refractivity contribution in [2.45, 2.75) is 0 Å². The van der Waals surface area contributed by atoms with E-state index in [2.05, 4.69) is 5.32 Å². The fourth-order valence-electron chi connectivity index (χ4n) is 2.66. The number of carbonyl (C=O) groups is 1. The van der Waals surface area contributed by atoms with E-state index in [0.717, 1.165) is 42.8 Å². The SMILES string of the molecule is Cn1cc(C(=O)NC[NH+]2CCOCC2)c2ccccc21. The van der Waals surface area contributed by atoms with Gasteiger partial charge in [0.25, 0.3) is 5.91 Å². The zero-order valence-corrected chi connectivity index (χ0v) is 11.7. The number of fused-ring (bicyclic) bond motifs is 1. The highest BCUT2D eigenvalue weighted by Gasteiger charge is 2.17. The average molecular weight is 274 g/mol. The van der Waals surface area contributed by atoms with Crippen LogP contribution in [0.4, 0.5) is 0 Å². The monoisotopic (exact) mass is 274 g/mol. The number of morpholine rings is 1. The highest BCUT2D eigenvalue weighted by molar-refractivity contribution is 6.06. The van der Waals surface area contributed by atoms with Gasteiger partial charge in [0, 0.05) is 24.1 Å². The molecule has 1 saturated heterocycles. The minimum atomic E-state index is 0.000733. The van der Waals surface area contributed by atoms with Crippen LogP contribution in [0.25, 0.3) is 10.9 Å². The molecule has 3 rings (SSSR count). The van der Waals surface area contributed by atoms with Crippen LogP contribution in [0, 0.1) is 0 Å². The Kier molecular flexibility index (Phi) is 3.71. The van der Waals surface area contributed by atoms with Crippen molar-refractivity contribution in [2.24, 2.45) is 7.05 Å². The van der Waals surface area contributed by atoms with E-state index in [1.54, 1.807) is 0 Å². The van der Waals surface area contributed by atoms with E-state index in [0.29, 0.717) is 6.67 Å². The summed E-state index contributed by atoms with van der Waals surface area (Å²) in [5.41, 5.74) is 1.83. The summed E-state index contributed by atoms with van der Waals surface area (Å²) in [5.74, 6) is 0.000733. The fraction of sp³-hybridized carbons (Fsp3) is 0.400. The van der Waals surface area contributed by atoms with E-state index in [-0.39, 0.29) is 5.91 Å². The van der Waals surface area contributed by atoms with Crippen molar-refractivity contribution < 1.29 is 14.4 Å². The lowest BCUT2D eigenvalue weighted by atomic mass is 10.1. The summed E-state index contributed by atoms with van der Waals surface area (Å²) in [5, 5.41) is 4.03. The highest BCUT2D eigenvalue weighted by atomic mass is 16.5. The quantitative estimate of drug-likeness (QED) is 0.813. The molecule has 2 N–H and O–H groups in total. The summed E-state index contributed by atoms with van der Waals surface area (Å²) >= 11 is 0. The first-order chi connectivity index (χ1) is 9.75. The lowest BCUT2D eigenvalue weighted by molar-refractivity contribution is -0.909. The maximum atomic E-state index is 12.3. The molecule has 0 unspecified atom stereocenters. The van der Waals surface area contributed by atoms with E-state index in [1.165, 1.54) is 4.90 Å². The van der Waals surface area contributed by atoms with Crippen molar-refractivity contribution in [3.05, 3.63) is 36.0 Å². The second kappa shape index (κ2) is 5.64. The summed E-state index contributed by atoms with van der Waals surface area (Å²) < 4.78 is 7.31. The van der Waals surface area contributed by atoms with Gasteiger partial charge >= 0.3 is 0 Å². The molecule has 0 radical (unpaired) electrons. The first kappa shape index (κ1) is 13.1. The van der Waals surface area contributed by atoms with Gasteiger partial charge in [0.2, 0.25) is 0 Å². The number of hydrogen-bond donors (Lipinski definition) is 2. The van der Waals surface area contributed by atoms with Crippen LogP contribution in [0.1, 0.15) is 10.4 Å². The molecule has 0 saturated carbocycles. The Bertz CT molecular complexity index is 615. The maximum Gasteiger partial charge on any atom is 0.257 e. The highest BCUT2D eigenvalue weighted by Crippen LogP contribution is 2.19. The standard InChI is InChI=1S/C15H19N3O2/c1-17-10-13(12-4-2-3-5-14(12)17)15(19)16-11-18-6-8-20-9-7-18/h2-5,10H,6-9,11H2,1H3,(H,16,19)/p+1. The molecule has 2 heterocycles. The van der Waals surface area contributed by atoms with Crippen molar-refractivity contribution in [1.82, 2.24) is 9.88 Å². The predicted octanol–water partition coefficient (Wildman–Crippen LogP) is -0.219. The Morgan fingerprint density at radius 2 is 2.10 bits per heavy atom. The zero-order valence-electron chi connectivity index (χ0n) is 11.7. The van der Waals surface area contributed by atoms with Gasteiger partial charge in [-0.1, -0.05) is 18.2 Å². The summed E-state index contributed by atoms with van der Waals surface area (Å²) in [6, 6.07) is 7.97. The number of para-hydroxylation sites is 1. The molecule has 0 atom stereocenters. The van der Waals surface area contributed by atoms with E-state index < -0.39 is 0 Å². The van der Waals surface area contributed by atoms with E-state index in [1.807, 2.05) is 42.1 Å². The van der Waals surface area contributed by atoms with Crippen LogP contribution in [-0.4, -0.2) is 43.4 Å². The first-order valence-electron chi connectivity index (χ1n) is 6.99. The number of aromatic nitrogens is 1. The lowest BCUT2D eigenvalue weighted by Gasteiger charge is -2.23. The summed E-state index contributed by atoms with van der Waals surface area (Å²) in [7, 11) is 1.96. The number of hydrogen-bond acceptors (Lipinski definition) is 2. The molecule has 1 aromatic carbocycles. The van der Waals surface area contributed by atoms with Gasteiger partial charge in [-0.15, -0.1) is 0 Å². The molecule has 0 aliphatic carbocycles. The Morgan fingerprint density at radius 3 is 2.90 bits per heavy atom. The van der Waals surface area contributed by atoms with Gasteiger partial charge in [-0.25, -0.2) is 0 Å². The topological polar surface area (TPSA) is 47.7 Å². The van der Waals surface area contributed by atoms with Gasteiger partial charge in [0.15, 0.2) is 6.67 Å². The number of rotatable bonds is 3. The molecule has 20 heavy (non-hydrogen) atoms. The van der Waals surface area contributed by atoms with Crippen LogP contribution in [0.3, 0.4) is 0 Å². The maximum absolute atomic E-state index is 12.3. The zero-order chi connectivity index (χ0) is 13.9. The molecule has 2 aromatic rings. The number of nitrogens with zero attached hydrogens (tertiary/aromatic N) is 1. The summed E-state index contributed by atoms with van der Waals surface area (Å²) in [6.45, 7) is 4.12. The molecule has 1 aliphatic heterocycles. The third-order valence-electron chi connectivity index (χ3n) is 3.84. The van der Waals surface area contributed by atoms with Gasteiger partial charge in [0.1, 0.15) is 13.1 Å². The van der Waals surface area contributed by atoms with Crippen LogP contribution in [-0.2, 0) is 11.8 Å². The minimum Gasteiger partial charge on any atom is -0.370 e. The van der Waals surface area contributed by atoms with Crippen LogP contribution < -0.4 is 10.2 Å². The van der Waals surface area contributed by atoms with Crippen molar-refractivity contribution in [1.29, 1.82) is 0 Å². The number of carbonyl (C=O) groups excluding carboxylic acids is 1. The number of aryl methyl sites for hydroxylation is 1. The third-order valence-corrected chi connectivity index (χ3v) is 3.84. The molecule has 5 heteroatoms. The fourth-order valence-corrected chi connectivity index (χ4v) is 2.66. The largest absolute Gasteiger partial charge is 0.370 e. The minimum absolute atomic E-state index is 0.000733. The molecule has 1 amide bonds.